The minimum absolute atomic E-state index is 0.0481. The van der Waals surface area contributed by atoms with Crippen molar-refractivity contribution in [3.8, 4) is 6.07 Å². The summed E-state index contributed by atoms with van der Waals surface area (Å²) in [7, 11) is -1.90. The van der Waals surface area contributed by atoms with Crippen molar-refractivity contribution < 1.29 is 13.2 Å². The molecule has 2 rings (SSSR count). The van der Waals surface area contributed by atoms with Gasteiger partial charge in [-0.3, -0.25) is 9.69 Å². The van der Waals surface area contributed by atoms with E-state index in [-0.39, 0.29) is 12.5 Å². The Balaban J connectivity index is 2.12. The first kappa shape index (κ1) is 23.3. The standard InChI is InChI=1S/C21H32N4O3S/c1-15-16(2)18(4)21(19(5)17(15)3)29(27,28)25-12-10-24(11-13-25)14-20(26)23(6)9-7-8-22/h7,9-14H2,1-6H3. The predicted octanol–water partition coefficient (Wildman–Crippen LogP) is 1.91. The highest BCUT2D eigenvalue weighted by Crippen LogP contribution is 2.31. The number of benzene rings is 1. The highest BCUT2D eigenvalue weighted by atomic mass is 32.2. The van der Waals surface area contributed by atoms with E-state index in [9.17, 15) is 13.2 Å². The van der Waals surface area contributed by atoms with Gasteiger partial charge >= 0.3 is 0 Å². The van der Waals surface area contributed by atoms with Gasteiger partial charge < -0.3 is 4.90 Å². The van der Waals surface area contributed by atoms with Gasteiger partial charge in [-0.05, 0) is 62.4 Å². The SMILES string of the molecule is Cc1c(C)c(C)c(S(=O)(=O)N2CCN(CC(=O)N(C)CCC#N)CC2)c(C)c1C. The lowest BCUT2D eigenvalue weighted by atomic mass is 9.95. The van der Waals surface area contributed by atoms with Gasteiger partial charge in [0.25, 0.3) is 0 Å². The molecule has 1 heterocycles. The van der Waals surface area contributed by atoms with E-state index < -0.39 is 10.0 Å². The predicted molar refractivity (Wildman–Crippen MR) is 113 cm³/mol. The first-order valence-corrected chi connectivity index (χ1v) is 11.4. The van der Waals surface area contributed by atoms with Crippen LogP contribution in [0.25, 0.3) is 0 Å². The maximum atomic E-state index is 13.4. The molecule has 0 aromatic heterocycles. The van der Waals surface area contributed by atoms with Crippen molar-refractivity contribution in [1.82, 2.24) is 14.1 Å². The normalized spacial score (nSPS) is 15.9. The van der Waals surface area contributed by atoms with Crippen LogP contribution in [0.3, 0.4) is 0 Å². The van der Waals surface area contributed by atoms with Crippen LogP contribution in [0.4, 0.5) is 0 Å². The van der Waals surface area contributed by atoms with Crippen molar-refractivity contribution in [2.24, 2.45) is 0 Å². The van der Waals surface area contributed by atoms with Crippen LogP contribution in [0, 0.1) is 45.9 Å². The van der Waals surface area contributed by atoms with Crippen LogP contribution in [0.15, 0.2) is 4.90 Å². The number of carbonyl (C=O) groups is 1. The molecule has 1 aliphatic rings. The second-order valence-electron chi connectivity index (χ2n) is 7.86. The topological polar surface area (TPSA) is 84.7 Å². The van der Waals surface area contributed by atoms with Gasteiger partial charge in [-0.15, -0.1) is 0 Å². The Kier molecular flexibility index (Phi) is 7.44. The molecule has 1 saturated heterocycles. The average molecular weight is 421 g/mol. The Labute approximate surface area is 174 Å². The Morgan fingerprint density at radius 2 is 1.45 bits per heavy atom. The zero-order valence-corrected chi connectivity index (χ0v) is 19.2. The summed E-state index contributed by atoms with van der Waals surface area (Å²) in [5.74, 6) is -0.0481. The summed E-state index contributed by atoms with van der Waals surface area (Å²) < 4.78 is 28.3. The summed E-state index contributed by atoms with van der Waals surface area (Å²) in [5.41, 5.74) is 4.83. The number of likely N-dealkylation sites (N-methyl/N-ethyl adjacent to an activating group) is 1. The third-order valence-corrected chi connectivity index (χ3v) is 8.38. The number of rotatable bonds is 6. The smallest absolute Gasteiger partial charge is 0.243 e. The monoisotopic (exact) mass is 420 g/mol. The fourth-order valence-electron chi connectivity index (χ4n) is 3.76. The molecule has 0 radical (unpaired) electrons. The minimum atomic E-state index is -3.59. The Morgan fingerprint density at radius 1 is 0.966 bits per heavy atom. The van der Waals surface area contributed by atoms with Crippen LogP contribution < -0.4 is 0 Å². The van der Waals surface area contributed by atoms with Crippen LogP contribution in [0.1, 0.15) is 34.2 Å². The summed E-state index contributed by atoms with van der Waals surface area (Å²) in [5, 5.41) is 8.65. The maximum absolute atomic E-state index is 13.4. The molecule has 1 amide bonds. The Hall–Kier alpha value is -1.95. The maximum Gasteiger partial charge on any atom is 0.243 e. The molecule has 0 aliphatic carbocycles. The molecule has 0 unspecified atom stereocenters. The number of hydrogen-bond acceptors (Lipinski definition) is 5. The number of piperazine rings is 1. The quantitative estimate of drug-likeness (QED) is 0.702. The zero-order valence-electron chi connectivity index (χ0n) is 18.4. The van der Waals surface area contributed by atoms with Gasteiger partial charge in [0.05, 0.1) is 23.9 Å². The van der Waals surface area contributed by atoms with Gasteiger partial charge in [-0.2, -0.15) is 9.57 Å². The third-order valence-electron chi connectivity index (χ3n) is 6.20. The molecule has 1 aliphatic heterocycles. The van der Waals surface area contributed by atoms with Crippen molar-refractivity contribution in [2.75, 3.05) is 46.3 Å². The van der Waals surface area contributed by atoms with Gasteiger partial charge in [0.15, 0.2) is 0 Å². The average Bonchev–Trinajstić information content (AvgIpc) is 2.69. The van der Waals surface area contributed by atoms with E-state index in [1.807, 2.05) is 45.6 Å². The molecule has 0 saturated carbocycles. The molecule has 1 aromatic carbocycles. The summed E-state index contributed by atoms with van der Waals surface area (Å²) in [6.45, 7) is 12.2. The highest BCUT2D eigenvalue weighted by Gasteiger charge is 2.32. The fourth-order valence-corrected chi connectivity index (χ4v) is 5.75. The fraction of sp³-hybridized carbons (Fsp3) is 0.619. The lowest BCUT2D eigenvalue weighted by Crippen LogP contribution is -2.51. The van der Waals surface area contributed by atoms with Crippen molar-refractivity contribution >= 4 is 15.9 Å². The largest absolute Gasteiger partial charge is 0.344 e. The summed E-state index contributed by atoms with van der Waals surface area (Å²) in [6, 6.07) is 2.03. The molecule has 0 N–H and O–H groups in total. The lowest BCUT2D eigenvalue weighted by molar-refractivity contribution is -0.131. The Bertz CT molecular complexity index is 897. The van der Waals surface area contributed by atoms with Crippen LogP contribution in [-0.2, 0) is 14.8 Å². The van der Waals surface area contributed by atoms with E-state index in [4.69, 9.17) is 5.26 Å². The zero-order chi connectivity index (χ0) is 21.9. The van der Waals surface area contributed by atoms with E-state index >= 15 is 0 Å². The Morgan fingerprint density at radius 3 is 1.93 bits per heavy atom. The number of nitrogens with zero attached hydrogens (tertiary/aromatic N) is 4. The number of amides is 1. The molecular formula is C21H32N4O3S. The number of sulfonamides is 1. The van der Waals surface area contributed by atoms with Crippen LogP contribution in [-0.4, -0.2) is 74.7 Å². The van der Waals surface area contributed by atoms with Gasteiger partial charge in [0, 0.05) is 39.8 Å². The molecule has 160 valence electrons. The molecule has 7 nitrogen and oxygen atoms in total. The van der Waals surface area contributed by atoms with E-state index in [2.05, 4.69) is 0 Å². The molecule has 8 heteroatoms. The van der Waals surface area contributed by atoms with Crippen molar-refractivity contribution in [2.45, 2.75) is 45.9 Å². The second kappa shape index (κ2) is 9.24. The lowest BCUT2D eigenvalue weighted by Gasteiger charge is -2.35. The molecular weight excluding hydrogens is 388 g/mol. The van der Waals surface area contributed by atoms with Crippen LogP contribution >= 0.6 is 0 Å². The van der Waals surface area contributed by atoms with Crippen LogP contribution in [0.5, 0.6) is 0 Å². The van der Waals surface area contributed by atoms with Gasteiger partial charge in [0.2, 0.25) is 15.9 Å². The number of hydrogen-bond donors (Lipinski definition) is 0. The molecule has 0 spiro atoms. The van der Waals surface area contributed by atoms with Crippen molar-refractivity contribution in [3.05, 3.63) is 27.8 Å². The van der Waals surface area contributed by atoms with Crippen molar-refractivity contribution in [3.63, 3.8) is 0 Å². The summed E-state index contributed by atoms with van der Waals surface area (Å²) >= 11 is 0. The second-order valence-corrected chi connectivity index (χ2v) is 9.73. The molecule has 1 fully saturated rings. The van der Waals surface area contributed by atoms with E-state index in [1.165, 1.54) is 4.31 Å². The number of nitriles is 1. The molecule has 1 aromatic rings. The summed E-state index contributed by atoms with van der Waals surface area (Å²) in [6.07, 6.45) is 0.308. The number of carbonyl (C=O) groups excluding carboxylic acids is 1. The van der Waals surface area contributed by atoms with Gasteiger partial charge in [-0.25, -0.2) is 8.42 Å². The molecule has 29 heavy (non-hydrogen) atoms. The first-order chi connectivity index (χ1) is 13.5. The summed E-state index contributed by atoms with van der Waals surface area (Å²) in [4.78, 5) is 16.2. The van der Waals surface area contributed by atoms with Gasteiger partial charge in [-0.1, -0.05) is 0 Å². The van der Waals surface area contributed by atoms with Crippen LogP contribution in [0.2, 0.25) is 0 Å². The van der Waals surface area contributed by atoms with Crippen molar-refractivity contribution in [1.29, 1.82) is 5.26 Å². The first-order valence-electron chi connectivity index (χ1n) is 9.92. The van der Waals surface area contributed by atoms with E-state index in [0.29, 0.717) is 44.0 Å². The van der Waals surface area contributed by atoms with Gasteiger partial charge in [0.1, 0.15) is 0 Å². The highest BCUT2D eigenvalue weighted by molar-refractivity contribution is 7.89. The minimum Gasteiger partial charge on any atom is -0.344 e. The molecule has 0 atom stereocenters. The third kappa shape index (κ3) is 4.80. The van der Waals surface area contributed by atoms with E-state index in [1.54, 1.807) is 11.9 Å². The molecule has 0 bridgehead atoms. The van der Waals surface area contributed by atoms with E-state index in [0.717, 1.165) is 27.8 Å².